The van der Waals surface area contributed by atoms with Crippen molar-refractivity contribution < 1.29 is 4.74 Å². The lowest BCUT2D eigenvalue weighted by atomic mass is 9.99. The van der Waals surface area contributed by atoms with Gasteiger partial charge in [-0.2, -0.15) is 0 Å². The number of benzene rings is 1. The van der Waals surface area contributed by atoms with Crippen LogP contribution in [0.2, 0.25) is 0 Å². The van der Waals surface area contributed by atoms with Crippen molar-refractivity contribution in [3.8, 4) is 5.75 Å². The summed E-state index contributed by atoms with van der Waals surface area (Å²) in [6.07, 6.45) is 2.58. The maximum absolute atomic E-state index is 5.95. The fraction of sp³-hybridized carbons (Fsp3) is 0.571. The summed E-state index contributed by atoms with van der Waals surface area (Å²) in [7, 11) is 2.00. The van der Waals surface area contributed by atoms with Gasteiger partial charge in [0.15, 0.2) is 0 Å². The normalized spacial score (nSPS) is 20.3. The molecule has 1 aromatic carbocycles. The molecule has 2 atom stereocenters. The Labute approximate surface area is 98.0 Å². The third kappa shape index (κ3) is 2.56. The Bertz CT molecular complexity index is 362. The third-order valence-electron chi connectivity index (χ3n) is 3.18. The van der Waals surface area contributed by atoms with Crippen molar-refractivity contribution in [2.24, 2.45) is 5.92 Å². The summed E-state index contributed by atoms with van der Waals surface area (Å²) in [6, 6.07) is 6.48. The van der Waals surface area contributed by atoms with E-state index in [0.29, 0.717) is 12.0 Å². The van der Waals surface area contributed by atoms with Crippen LogP contribution in [0.3, 0.4) is 0 Å². The lowest BCUT2D eigenvalue weighted by Crippen LogP contribution is -2.23. The van der Waals surface area contributed by atoms with Crippen LogP contribution in [0.4, 0.5) is 0 Å². The lowest BCUT2D eigenvalue weighted by molar-refractivity contribution is 0.197. The first-order valence-corrected chi connectivity index (χ1v) is 6.10. The fourth-order valence-corrected chi connectivity index (χ4v) is 2.46. The van der Waals surface area contributed by atoms with E-state index < -0.39 is 0 Å². The molecule has 88 valence electrons. The van der Waals surface area contributed by atoms with Gasteiger partial charge in [-0.3, -0.25) is 0 Å². The fourth-order valence-electron chi connectivity index (χ4n) is 2.46. The first-order chi connectivity index (χ1) is 7.69. The van der Waals surface area contributed by atoms with Crippen molar-refractivity contribution in [1.29, 1.82) is 0 Å². The first-order valence-electron chi connectivity index (χ1n) is 6.10. The van der Waals surface area contributed by atoms with Crippen molar-refractivity contribution in [1.82, 2.24) is 5.32 Å². The highest BCUT2D eigenvalue weighted by Gasteiger charge is 2.24. The molecule has 0 bridgehead atoms. The van der Waals surface area contributed by atoms with E-state index >= 15 is 0 Å². The second-order valence-corrected chi connectivity index (χ2v) is 4.95. The molecule has 0 fully saturated rings. The van der Waals surface area contributed by atoms with Crippen molar-refractivity contribution in [3.05, 3.63) is 29.3 Å². The molecule has 0 spiro atoms. The summed E-state index contributed by atoms with van der Waals surface area (Å²) in [6.45, 7) is 5.47. The molecule has 2 rings (SSSR count). The quantitative estimate of drug-likeness (QED) is 0.840. The standard InChI is InChI=1S/C14H21NO/c1-10-4-5-14-12(6-10)8-13(16-14)7-11(2)9-15-3/h4-6,11,13,15H,7-9H2,1-3H3. The molecule has 16 heavy (non-hydrogen) atoms. The maximum atomic E-state index is 5.95. The molecule has 2 nitrogen and oxygen atoms in total. The second kappa shape index (κ2) is 4.88. The van der Waals surface area contributed by atoms with Gasteiger partial charge in [0.2, 0.25) is 0 Å². The minimum Gasteiger partial charge on any atom is -0.490 e. The average molecular weight is 219 g/mol. The zero-order valence-electron chi connectivity index (χ0n) is 10.4. The lowest BCUT2D eigenvalue weighted by Gasteiger charge is -2.16. The van der Waals surface area contributed by atoms with Gasteiger partial charge in [0.25, 0.3) is 0 Å². The summed E-state index contributed by atoms with van der Waals surface area (Å²) < 4.78 is 5.95. The Kier molecular flexibility index (Phi) is 3.49. The number of hydrogen-bond acceptors (Lipinski definition) is 2. The molecule has 0 radical (unpaired) electrons. The number of aryl methyl sites for hydroxylation is 1. The molecule has 1 aliphatic heterocycles. The van der Waals surface area contributed by atoms with E-state index in [1.165, 1.54) is 11.1 Å². The van der Waals surface area contributed by atoms with Crippen LogP contribution in [0.5, 0.6) is 5.75 Å². The zero-order valence-corrected chi connectivity index (χ0v) is 10.4. The summed E-state index contributed by atoms with van der Waals surface area (Å²) in [5, 5.41) is 3.22. The molecule has 0 saturated carbocycles. The molecule has 2 unspecified atom stereocenters. The third-order valence-corrected chi connectivity index (χ3v) is 3.18. The summed E-state index contributed by atoms with van der Waals surface area (Å²) in [5.41, 5.74) is 2.70. The highest BCUT2D eigenvalue weighted by atomic mass is 16.5. The van der Waals surface area contributed by atoms with Gasteiger partial charge >= 0.3 is 0 Å². The Balaban J connectivity index is 1.95. The highest BCUT2D eigenvalue weighted by Crippen LogP contribution is 2.31. The van der Waals surface area contributed by atoms with E-state index in [-0.39, 0.29) is 0 Å². The number of hydrogen-bond donors (Lipinski definition) is 1. The Hall–Kier alpha value is -1.02. The minimum atomic E-state index is 0.375. The van der Waals surface area contributed by atoms with Crippen LogP contribution >= 0.6 is 0 Å². The number of rotatable bonds is 4. The van der Waals surface area contributed by atoms with Gasteiger partial charge in [-0.25, -0.2) is 0 Å². The van der Waals surface area contributed by atoms with Crippen LogP contribution in [0.15, 0.2) is 18.2 Å². The van der Waals surface area contributed by atoms with Gasteiger partial charge in [-0.15, -0.1) is 0 Å². The van der Waals surface area contributed by atoms with Crippen LogP contribution in [-0.4, -0.2) is 19.7 Å². The molecule has 1 N–H and O–H groups in total. The highest BCUT2D eigenvalue weighted by molar-refractivity contribution is 5.40. The van der Waals surface area contributed by atoms with E-state index in [4.69, 9.17) is 4.74 Å². The van der Waals surface area contributed by atoms with E-state index in [0.717, 1.165) is 25.1 Å². The van der Waals surface area contributed by atoms with Crippen molar-refractivity contribution in [2.75, 3.05) is 13.6 Å². The van der Waals surface area contributed by atoms with Gasteiger partial charge in [-0.1, -0.05) is 24.6 Å². The van der Waals surface area contributed by atoms with Crippen LogP contribution in [-0.2, 0) is 6.42 Å². The van der Waals surface area contributed by atoms with Crippen molar-refractivity contribution in [3.63, 3.8) is 0 Å². The van der Waals surface area contributed by atoms with E-state index in [2.05, 4.69) is 37.4 Å². The molecule has 1 aliphatic rings. The predicted molar refractivity (Wildman–Crippen MR) is 67.0 cm³/mol. The van der Waals surface area contributed by atoms with E-state index in [9.17, 15) is 0 Å². The largest absolute Gasteiger partial charge is 0.490 e. The van der Waals surface area contributed by atoms with Crippen LogP contribution < -0.4 is 10.1 Å². The van der Waals surface area contributed by atoms with Crippen LogP contribution in [0.1, 0.15) is 24.5 Å². The average Bonchev–Trinajstić information content (AvgIpc) is 2.59. The van der Waals surface area contributed by atoms with E-state index in [1.807, 2.05) is 7.05 Å². The topological polar surface area (TPSA) is 21.3 Å². The zero-order chi connectivity index (χ0) is 11.5. The molecule has 0 aliphatic carbocycles. The summed E-state index contributed by atoms with van der Waals surface area (Å²) in [5.74, 6) is 1.76. The smallest absolute Gasteiger partial charge is 0.123 e. The second-order valence-electron chi connectivity index (χ2n) is 4.95. The molecular weight excluding hydrogens is 198 g/mol. The molecular formula is C14H21NO. The number of nitrogens with one attached hydrogen (secondary N) is 1. The molecule has 0 amide bonds. The number of ether oxygens (including phenoxy) is 1. The van der Waals surface area contributed by atoms with Gasteiger partial charge < -0.3 is 10.1 Å². The molecule has 2 heteroatoms. The molecule has 1 aromatic rings. The van der Waals surface area contributed by atoms with Crippen LogP contribution in [0.25, 0.3) is 0 Å². The van der Waals surface area contributed by atoms with Gasteiger partial charge in [0, 0.05) is 6.42 Å². The molecule has 0 aromatic heterocycles. The van der Waals surface area contributed by atoms with Crippen LogP contribution in [0, 0.1) is 12.8 Å². The van der Waals surface area contributed by atoms with Gasteiger partial charge in [0.1, 0.15) is 11.9 Å². The Morgan fingerprint density at radius 1 is 1.50 bits per heavy atom. The van der Waals surface area contributed by atoms with E-state index in [1.54, 1.807) is 0 Å². The predicted octanol–water partition coefficient (Wildman–Crippen LogP) is 2.54. The maximum Gasteiger partial charge on any atom is 0.123 e. The SMILES string of the molecule is CNCC(C)CC1Cc2cc(C)ccc2O1. The summed E-state index contributed by atoms with van der Waals surface area (Å²) in [4.78, 5) is 0. The monoisotopic (exact) mass is 219 g/mol. The van der Waals surface area contributed by atoms with Gasteiger partial charge in [-0.05, 0) is 44.5 Å². The molecule has 0 saturated heterocycles. The first kappa shape index (κ1) is 11.5. The van der Waals surface area contributed by atoms with Crippen molar-refractivity contribution in [2.45, 2.75) is 32.8 Å². The molecule has 1 heterocycles. The van der Waals surface area contributed by atoms with Crippen molar-refractivity contribution >= 4 is 0 Å². The van der Waals surface area contributed by atoms with Gasteiger partial charge in [0.05, 0.1) is 0 Å². The number of fused-ring (bicyclic) bond motifs is 1. The minimum absolute atomic E-state index is 0.375. The summed E-state index contributed by atoms with van der Waals surface area (Å²) >= 11 is 0. The Morgan fingerprint density at radius 2 is 2.31 bits per heavy atom. The Morgan fingerprint density at radius 3 is 3.06 bits per heavy atom.